The summed E-state index contributed by atoms with van der Waals surface area (Å²) in [5, 5.41) is 8.40. The van der Waals surface area contributed by atoms with Crippen molar-refractivity contribution in [2.24, 2.45) is 0 Å². The second-order valence-electron chi connectivity index (χ2n) is 5.32. The lowest BCUT2D eigenvalue weighted by Crippen LogP contribution is -2.44. The Labute approximate surface area is 137 Å². The van der Waals surface area contributed by atoms with Gasteiger partial charge in [0, 0.05) is 13.1 Å². The minimum absolute atomic E-state index is 0.0155. The van der Waals surface area contributed by atoms with Crippen LogP contribution in [-0.2, 0) is 16.4 Å². The van der Waals surface area contributed by atoms with Gasteiger partial charge in [0.1, 0.15) is 0 Å². The standard InChI is InChI=1S/C13H16N4O4S2/c1-17(9-4-6-23(19,20)8-9)13(18)14-7-11-15-12(21-16-11)10-3-2-5-22-10/h2-3,5,9H,4,6-8H2,1H3,(H,14,18). The summed E-state index contributed by atoms with van der Waals surface area (Å²) in [5.41, 5.74) is 0. The fourth-order valence-electron chi connectivity index (χ4n) is 2.35. The van der Waals surface area contributed by atoms with Crippen LogP contribution in [0.4, 0.5) is 4.79 Å². The number of nitrogens with one attached hydrogen (secondary N) is 1. The number of carbonyl (C=O) groups is 1. The smallest absolute Gasteiger partial charge is 0.317 e. The third-order valence-corrected chi connectivity index (χ3v) is 6.28. The molecule has 23 heavy (non-hydrogen) atoms. The molecule has 1 aliphatic heterocycles. The highest BCUT2D eigenvalue weighted by Gasteiger charge is 2.32. The number of rotatable bonds is 4. The highest BCUT2D eigenvalue weighted by atomic mass is 32.2. The Bertz CT molecular complexity index is 785. The first kappa shape index (κ1) is 15.9. The number of hydrogen-bond acceptors (Lipinski definition) is 7. The summed E-state index contributed by atoms with van der Waals surface area (Å²) in [6.45, 7) is 0.123. The van der Waals surface area contributed by atoms with Crippen LogP contribution in [0.5, 0.6) is 0 Å². The molecule has 2 aromatic heterocycles. The maximum Gasteiger partial charge on any atom is 0.317 e. The zero-order chi connectivity index (χ0) is 16.4. The van der Waals surface area contributed by atoms with E-state index in [1.807, 2.05) is 17.5 Å². The maximum absolute atomic E-state index is 12.1. The molecule has 1 saturated heterocycles. The van der Waals surface area contributed by atoms with Gasteiger partial charge in [-0.3, -0.25) is 0 Å². The summed E-state index contributed by atoms with van der Waals surface area (Å²) in [5.74, 6) is 0.931. The van der Waals surface area contributed by atoms with E-state index >= 15 is 0 Å². The molecule has 8 nitrogen and oxygen atoms in total. The number of thiophene rings is 1. The second kappa shape index (κ2) is 6.28. The van der Waals surface area contributed by atoms with Crippen LogP contribution in [-0.4, -0.2) is 54.1 Å². The number of sulfone groups is 1. The minimum atomic E-state index is -3.02. The third kappa shape index (κ3) is 3.70. The maximum atomic E-state index is 12.1. The van der Waals surface area contributed by atoms with Crippen molar-refractivity contribution in [1.82, 2.24) is 20.4 Å². The zero-order valence-electron chi connectivity index (χ0n) is 12.4. The number of urea groups is 1. The van der Waals surface area contributed by atoms with Crippen LogP contribution in [0.2, 0.25) is 0 Å². The number of amides is 2. The van der Waals surface area contributed by atoms with Gasteiger partial charge in [-0.15, -0.1) is 11.3 Å². The molecule has 1 aliphatic rings. The topological polar surface area (TPSA) is 105 Å². The van der Waals surface area contributed by atoms with Crippen LogP contribution in [0, 0.1) is 0 Å². The lowest BCUT2D eigenvalue weighted by Gasteiger charge is -2.23. The van der Waals surface area contributed by atoms with E-state index in [4.69, 9.17) is 4.52 Å². The Kier molecular flexibility index (Phi) is 4.35. The fourth-order valence-corrected chi connectivity index (χ4v) is 4.77. The molecular formula is C13H16N4O4S2. The van der Waals surface area contributed by atoms with Gasteiger partial charge < -0.3 is 14.7 Å². The Morgan fingerprint density at radius 3 is 3.04 bits per heavy atom. The van der Waals surface area contributed by atoms with Gasteiger partial charge in [-0.1, -0.05) is 11.2 Å². The number of carbonyl (C=O) groups excluding carboxylic acids is 1. The van der Waals surface area contributed by atoms with E-state index in [1.165, 1.54) is 16.2 Å². The first-order chi connectivity index (χ1) is 10.9. The zero-order valence-corrected chi connectivity index (χ0v) is 14.1. The number of hydrogen-bond donors (Lipinski definition) is 1. The van der Waals surface area contributed by atoms with Crippen molar-refractivity contribution in [1.29, 1.82) is 0 Å². The van der Waals surface area contributed by atoms with Gasteiger partial charge in [-0.25, -0.2) is 13.2 Å². The van der Waals surface area contributed by atoms with Crippen molar-refractivity contribution in [2.75, 3.05) is 18.6 Å². The van der Waals surface area contributed by atoms with E-state index in [0.717, 1.165) is 4.88 Å². The number of aromatic nitrogens is 2. The predicted molar refractivity (Wildman–Crippen MR) is 84.7 cm³/mol. The average molecular weight is 356 g/mol. The van der Waals surface area contributed by atoms with E-state index < -0.39 is 9.84 Å². The van der Waals surface area contributed by atoms with Gasteiger partial charge in [0.15, 0.2) is 15.7 Å². The van der Waals surface area contributed by atoms with Crippen molar-refractivity contribution < 1.29 is 17.7 Å². The quantitative estimate of drug-likeness (QED) is 0.880. The van der Waals surface area contributed by atoms with Gasteiger partial charge in [0.25, 0.3) is 5.89 Å². The summed E-state index contributed by atoms with van der Waals surface area (Å²) < 4.78 is 28.1. The molecule has 0 bridgehead atoms. The largest absolute Gasteiger partial charge is 0.333 e. The van der Waals surface area contributed by atoms with Crippen molar-refractivity contribution in [3.05, 3.63) is 23.3 Å². The highest BCUT2D eigenvalue weighted by molar-refractivity contribution is 7.91. The Hall–Kier alpha value is -1.94. The average Bonchev–Trinajstić information content (AvgIpc) is 3.23. The molecule has 1 fully saturated rings. The Morgan fingerprint density at radius 1 is 1.57 bits per heavy atom. The monoisotopic (exact) mass is 356 g/mol. The first-order valence-electron chi connectivity index (χ1n) is 7.02. The van der Waals surface area contributed by atoms with Crippen LogP contribution < -0.4 is 5.32 Å². The normalized spacial score (nSPS) is 19.6. The molecule has 0 aliphatic carbocycles. The molecule has 2 amide bonds. The van der Waals surface area contributed by atoms with Gasteiger partial charge >= 0.3 is 6.03 Å². The SMILES string of the molecule is CN(C(=O)NCc1noc(-c2cccs2)n1)C1CCS(=O)(=O)C1. The summed E-state index contributed by atoms with van der Waals surface area (Å²) in [6.07, 6.45) is 0.469. The molecular weight excluding hydrogens is 340 g/mol. The molecule has 0 spiro atoms. The summed E-state index contributed by atoms with van der Waals surface area (Å²) >= 11 is 1.49. The predicted octanol–water partition coefficient (Wildman–Crippen LogP) is 1.13. The summed E-state index contributed by atoms with van der Waals surface area (Å²) in [7, 11) is -1.43. The summed E-state index contributed by atoms with van der Waals surface area (Å²) in [4.78, 5) is 18.6. The number of nitrogens with zero attached hydrogens (tertiary/aromatic N) is 3. The third-order valence-electron chi connectivity index (χ3n) is 3.67. The van der Waals surface area contributed by atoms with Gasteiger partial charge in [0.05, 0.1) is 22.9 Å². The van der Waals surface area contributed by atoms with Crippen LogP contribution in [0.3, 0.4) is 0 Å². The fraction of sp³-hybridized carbons (Fsp3) is 0.462. The Balaban J connectivity index is 1.55. The molecule has 10 heteroatoms. The van der Waals surface area contributed by atoms with Crippen molar-refractivity contribution in [3.63, 3.8) is 0 Å². The molecule has 3 rings (SSSR count). The van der Waals surface area contributed by atoms with E-state index in [-0.39, 0.29) is 30.1 Å². The van der Waals surface area contributed by atoms with Gasteiger partial charge in [0.2, 0.25) is 0 Å². The first-order valence-corrected chi connectivity index (χ1v) is 9.72. The van der Waals surface area contributed by atoms with Crippen molar-refractivity contribution in [2.45, 2.75) is 19.0 Å². The summed E-state index contributed by atoms with van der Waals surface area (Å²) in [6, 6.07) is 3.12. The van der Waals surface area contributed by atoms with Crippen LogP contribution in [0.15, 0.2) is 22.0 Å². The molecule has 1 N–H and O–H groups in total. The van der Waals surface area contributed by atoms with E-state index in [0.29, 0.717) is 18.1 Å². The van der Waals surface area contributed by atoms with E-state index in [1.54, 1.807) is 7.05 Å². The molecule has 0 aromatic carbocycles. The molecule has 3 heterocycles. The van der Waals surface area contributed by atoms with Crippen LogP contribution in [0.1, 0.15) is 12.2 Å². The molecule has 1 atom stereocenters. The van der Waals surface area contributed by atoms with E-state index in [9.17, 15) is 13.2 Å². The minimum Gasteiger partial charge on any atom is -0.333 e. The molecule has 1 unspecified atom stereocenters. The van der Waals surface area contributed by atoms with Crippen molar-refractivity contribution >= 4 is 27.2 Å². The molecule has 0 radical (unpaired) electrons. The molecule has 124 valence electrons. The highest BCUT2D eigenvalue weighted by Crippen LogP contribution is 2.22. The van der Waals surface area contributed by atoms with Crippen LogP contribution >= 0.6 is 11.3 Å². The van der Waals surface area contributed by atoms with Crippen LogP contribution in [0.25, 0.3) is 10.8 Å². The van der Waals surface area contributed by atoms with E-state index in [2.05, 4.69) is 15.5 Å². The van der Waals surface area contributed by atoms with Gasteiger partial charge in [-0.2, -0.15) is 4.98 Å². The lowest BCUT2D eigenvalue weighted by molar-refractivity contribution is 0.194. The Morgan fingerprint density at radius 2 is 2.39 bits per heavy atom. The van der Waals surface area contributed by atoms with Gasteiger partial charge in [-0.05, 0) is 17.9 Å². The second-order valence-corrected chi connectivity index (χ2v) is 8.50. The van der Waals surface area contributed by atoms with Crippen molar-refractivity contribution in [3.8, 4) is 10.8 Å². The molecule has 0 saturated carbocycles. The molecule has 2 aromatic rings. The lowest BCUT2D eigenvalue weighted by atomic mass is 10.2.